The lowest BCUT2D eigenvalue weighted by Crippen LogP contribution is -2.52. The standard InChI is InChI=1S/C31H36Cl2N2O3/c1-5-6-15-34-31(37)28(18-24-11-8-7-9-12-24)35(19-25-26(32)13-10-14-27(25)33)30(36)20-38-29-17-21(2)16-22(3)23(29)4/h7-14,16-17,28H,5-6,15,18-20H2,1-4H3,(H,34,37)/t28-/m1/s1. The Bertz CT molecular complexity index is 1230. The summed E-state index contributed by atoms with van der Waals surface area (Å²) in [6.45, 7) is 8.42. The van der Waals surface area contributed by atoms with Crippen molar-refractivity contribution in [2.45, 2.75) is 59.5 Å². The van der Waals surface area contributed by atoms with Crippen LogP contribution >= 0.6 is 23.2 Å². The second kappa shape index (κ2) is 14.2. The van der Waals surface area contributed by atoms with Gasteiger partial charge in [-0.15, -0.1) is 0 Å². The number of nitrogens with one attached hydrogen (secondary N) is 1. The Hall–Kier alpha value is -3.02. The first-order valence-corrected chi connectivity index (χ1v) is 13.7. The second-order valence-electron chi connectivity index (χ2n) is 9.57. The summed E-state index contributed by atoms with van der Waals surface area (Å²) in [6.07, 6.45) is 2.14. The minimum Gasteiger partial charge on any atom is -0.483 e. The molecule has 0 aliphatic rings. The van der Waals surface area contributed by atoms with Crippen LogP contribution in [0.4, 0.5) is 0 Å². The molecule has 0 aromatic heterocycles. The minimum atomic E-state index is -0.780. The zero-order valence-corrected chi connectivity index (χ0v) is 24.0. The summed E-state index contributed by atoms with van der Waals surface area (Å²) in [5.41, 5.74) is 4.64. The van der Waals surface area contributed by atoms with Crippen molar-refractivity contribution >= 4 is 35.0 Å². The van der Waals surface area contributed by atoms with Crippen LogP contribution < -0.4 is 10.1 Å². The Balaban J connectivity index is 1.97. The molecule has 0 heterocycles. The molecule has 3 aromatic carbocycles. The van der Waals surface area contributed by atoms with Crippen LogP contribution in [0.3, 0.4) is 0 Å². The van der Waals surface area contributed by atoms with Gasteiger partial charge < -0.3 is 15.0 Å². The van der Waals surface area contributed by atoms with E-state index < -0.39 is 6.04 Å². The van der Waals surface area contributed by atoms with E-state index in [0.717, 1.165) is 35.1 Å². The van der Waals surface area contributed by atoms with E-state index in [1.807, 2.05) is 57.2 Å². The van der Waals surface area contributed by atoms with E-state index in [0.29, 0.717) is 34.3 Å². The molecule has 0 radical (unpaired) electrons. The summed E-state index contributed by atoms with van der Waals surface area (Å²) in [5, 5.41) is 3.89. The summed E-state index contributed by atoms with van der Waals surface area (Å²) in [7, 11) is 0. The highest BCUT2D eigenvalue weighted by molar-refractivity contribution is 6.36. The van der Waals surface area contributed by atoms with E-state index in [4.69, 9.17) is 27.9 Å². The first-order chi connectivity index (χ1) is 18.2. The summed E-state index contributed by atoms with van der Waals surface area (Å²) in [6, 6.07) is 18.1. The molecule has 202 valence electrons. The summed E-state index contributed by atoms with van der Waals surface area (Å²) < 4.78 is 6.03. The van der Waals surface area contributed by atoms with Crippen LogP contribution in [0.2, 0.25) is 10.0 Å². The molecule has 0 bridgehead atoms. The molecule has 38 heavy (non-hydrogen) atoms. The Morgan fingerprint density at radius 3 is 2.32 bits per heavy atom. The van der Waals surface area contributed by atoms with E-state index in [2.05, 4.69) is 18.3 Å². The van der Waals surface area contributed by atoms with Gasteiger partial charge in [0, 0.05) is 35.1 Å². The fraction of sp³-hybridized carbons (Fsp3) is 0.355. The predicted octanol–water partition coefficient (Wildman–Crippen LogP) is 6.85. The molecule has 0 saturated carbocycles. The smallest absolute Gasteiger partial charge is 0.261 e. The number of aryl methyl sites for hydroxylation is 2. The lowest BCUT2D eigenvalue weighted by molar-refractivity contribution is -0.142. The van der Waals surface area contributed by atoms with Gasteiger partial charge in [-0.1, -0.05) is 79.0 Å². The van der Waals surface area contributed by atoms with Gasteiger partial charge in [-0.2, -0.15) is 0 Å². The Kier molecular flexibility index (Phi) is 11.1. The third-order valence-electron chi connectivity index (χ3n) is 6.61. The van der Waals surface area contributed by atoms with Crippen molar-refractivity contribution in [1.29, 1.82) is 0 Å². The topological polar surface area (TPSA) is 58.6 Å². The monoisotopic (exact) mass is 554 g/mol. The summed E-state index contributed by atoms with van der Waals surface area (Å²) >= 11 is 13.0. The SMILES string of the molecule is CCCCNC(=O)[C@@H](Cc1ccccc1)N(Cc1c(Cl)cccc1Cl)C(=O)COc1cc(C)cc(C)c1C. The number of amides is 2. The van der Waals surface area contributed by atoms with Gasteiger partial charge >= 0.3 is 0 Å². The highest BCUT2D eigenvalue weighted by Gasteiger charge is 2.31. The van der Waals surface area contributed by atoms with Gasteiger partial charge in [-0.05, 0) is 67.6 Å². The van der Waals surface area contributed by atoms with Crippen LogP contribution in [0.1, 0.15) is 47.6 Å². The van der Waals surface area contributed by atoms with Gasteiger partial charge in [0.2, 0.25) is 5.91 Å². The van der Waals surface area contributed by atoms with E-state index in [-0.39, 0.29) is 25.0 Å². The highest BCUT2D eigenvalue weighted by Crippen LogP contribution is 2.28. The number of carbonyl (C=O) groups excluding carboxylic acids is 2. The third kappa shape index (κ3) is 7.99. The first-order valence-electron chi connectivity index (χ1n) is 13.0. The van der Waals surface area contributed by atoms with Crippen LogP contribution in [0.5, 0.6) is 5.75 Å². The van der Waals surface area contributed by atoms with E-state index in [1.165, 1.54) is 0 Å². The normalized spacial score (nSPS) is 11.6. The fourth-order valence-corrected chi connectivity index (χ4v) is 4.80. The molecular weight excluding hydrogens is 519 g/mol. The largest absolute Gasteiger partial charge is 0.483 e. The Morgan fingerprint density at radius 2 is 1.66 bits per heavy atom. The lowest BCUT2D eigenvalue weighted by atomic mass is 10.0. The van der Waals surface area contributed by atoms with Crippen LogP contribution in [0.25, 0.3) is 0 Å². The molecule has 1 atom stereocenters. The number of rotatable bonds is 12. The molecule has 0 spiro atoms. The molecule has 0 aliphatic heterocycles. The molecule has 0 aliphatic carbocycles. The number of nitrogens with zero attached hydrogens (tertiary/aromatic N) is 1. The number of unbranched alkanes of at least 4 members (excludes halogenated alkanes) is 1. The third-order valence-corrected chi connectivity index (χ3v) is 7.31. The molecule has 3 aromatic rings. The molecule has 3 rings (SSSR count). The Labute approximate surface area is 236 Å². The van der Waals surface area contributed by atoms with E-state index in [9.17, 15) is 9.59 Å². The first kappa shape index (κ1) is 29.5. The van der Waals surface area contributed by atoms with Crippen molar-refractivity contribution in [3.05, 3.63) is 98.5 Å². The Morgan fingerprint density at radius 1 is 0.974 bits per heavy atom. The van der Waals surface area contributed by atoms with Crippen molar-refractivity contribution in [2.75, 3.05) is 13.2 Å². The highest BCUT2D eigenvalue weighted by atomic mass is 35.5. The number of hydrogen-bond donors (Lipinski definition) is 1. The molecule has 0 saturated heterocycles. The van der Waals surface area contributed by atoms with Gasteiger partial charge in [0.25, 0.3) is 5.91 Å². The number of hydrogen-bond acceptors (Lipinski definition) is 3. The predicted molar refractivity (Wildman–Crippen MR) is 155 cm³/mol. The molecule has 0 fully saturated rings. The zero-order valence-electron chi connectivity index (χ0n) is 22.5. The maximum absolute atomic E-state index is 13.8. The summed E-state index contributed by atoms with van der Waals surface area (Å²) in [4.78, 5) is 28.9. The van der Waals surface area contributed by atoms with Crippen LogP contribution in [0.15, 0.2) is 60.7 Å². The number of ether oxygens (including phenoxy) is 1. The lowest BCUT2D eigenvalue weighted by Gasteiger charge is -2.32. The molecule has 0 unspecified atom stereocenters. The molecule has 5 nitrogen and oxygen atoms in total. The second-order valence-corrected chi connectivity index (χ2v) is 10.4. The zero-order chi connectivity index (χ0) is 27.7. The fourth-order valence-electron chi connectivity index (χ4n) is 4.29. The van der Waals surface area contributed by atoms with Crippen molar-refractivity contribution in [2.24, 2.45) is 0 Å². The molecule has 2 amide bonds. The van der Waals surface area contributed by atoms with Crippen molar-refractivity contribution < 1.29 is 14.3 Å². The van der Waals surface area contributed by atoms with Gasteiger partial charge in [0.05, 0.1) is 0 Å². The minimum absolute atomic E-state index is 0.0746. The quantitative estimate of drug-likeness (QED) is 0.249. The number of halogens is 2. The summed E-state index contributed by atoms with van der Waals surface area (Å²) in [5.74, 6) is 0.103. The molecular formula is C31H36Cl2N2O3. The molecule has 1 N–H and O–H groups in total. The van der Waals surface area contributed by atoms with Gasteiger partial charge in [-0.3, -0.25) is 9.59 Å². The number of benzene rings is 3. The van der Waals surface area contributed by atoms with E-state index >= 15 is 0 Å². The van der Waals surface area contributed by atoms with Gasteiger partial charge in [-0.25, -0.2) is 0 Å². The van der Waals surface area contributed by atoms with Gasteiger partial charge in [0.15, 0.2) is 6.61 Å². The van der Waals surface area contributed by atoms with Crippen LogP contribution in [0, 0.1) is 20.8 Å². The van der Waals surface area contributed by atoms with Crippen molar-refractivity contribution in [3.8, 4) is 5.75 Å². The average Bonchev–Trinajstić information content (AvgIpc) is 2.89. The van der Waals surface area contributed by atoms with Crippen molar-refractivity contribution in [3.63, 3.8) is 0 Å². The molecule has 7 heteroatoms. The maximum Gasteiger partial charge on any atom is 0.261 e. The number of carbonyl (C=O) groups is 2. The van der Waals surface area contributed by atoms with Gasteiger partial charge in [0.1, 0.15) is 11.8 Å². The van der Waals surface area contributed by atoms with Crippen LogP contribution in [-0.4, -0.2) is 35.9 Å². The average molecular weight is 556 g/mol. The van der Waals surface area contributed by atoms with E-state index in [1.54, 1.807) is 23.1 Å². The maximum atomic E-state index is 13.8. The van der Waals surface area contributed by atoms with Crippen molar-refractivity contribution in [1.82, 2.24) is 10.2 Å². The van der Waals surface area contributed by atoms with Crippen LogP contribution in [-0.2, 0) is 22.6 Å².